The van der Waals surface area contributed by atoms with Crippen LogP contribution in [0, 0.1) is 5.92 Å². The minimum absolute atomic E-state index is 0.0263. The molecule has 0 aliphatic carbocycles. The number of hydrogen-bond acceptors (Lipinski definition) is 14. The van der Waals surface area contributed by atoms with Crippen LogP contribution in [0.4, 0.5) is 0 Å². The van der Waals surface area contributed by atoms with E-state index in [0.29, 0.717) is 35.5 Å². The maximum Gasteiger partial charge on any atom is 0.334 e. The number of hydrogen-bond donors (Lipinski definition) is 6. The highest BCUT2D eigenvalue weighted by atomic mass is 32.2. The Bertz CT molecular complexity index is 2260. The fourth-order valence-electron chi connectivity index (χ4n) is 7.82. The summed E-state index contributed by atoms with van der Waals surface area (Å²) in [6.45, 7) is 5.62. The van der Waals surface area contributed by atoms with Crippen LogP contribution in [0.3, 0.4) is 0 Å². The van der Waals surface area contributed by atoms with E-state index < -0.39 is 107 Å². The molecule has 0 saturated carbocycles. The third kappa shape index (κ3) is 12.8. The highest BCUT2D eigenvalue weighted by molar-refractivity contribution is 7.83. The van der Waals surface area contributed by atoms with E-state index in [0.717, 1.165) is 10.5 Å². The van der Waals surface area contributed by atoms with Gasteiger partial charge in [-0.25, -0.2) is 9.78 Å². The molecule has 2 bridgehead atoms. The number of benzene rings is 1. The summed E-state index contributed by atoms with van der Waals surface area (Å²) >= 11 is 1.24. The first-order valence-corrected chi connectivity index (χ1v) is 23.2. The van der Waals surface area contributed by atoms with E-state index in [1.54, 1.807) is 49.1 Å². The van der Waals surface area contributed by atoms with Gasteiger partial charge in [-0.1, -0.05) is 32.4 Å². The molecule has 7 atom stereocenters. The number of cyclic esters (lactones) is 1. The number of Topliss-reactive ketones (excluding diaryl/α,β-unsaturated/α-hetero) is 1. The Morgan fingerprint density at radius 3 is 2.42 bits per heavy atom. The molecule has 5 rings (SSSR count). The van der Waals surface area contributed by atoms with Crippen molar-refractivity contribution in [3.05, 3.63) is 63.1 Å². The molecule has 2 saturated heterocycles. The van der Waals surface area contributed by atoms with E-state index in [9.17, 15) is 51.6 Å². The van der Waals surface area contributed by atoms with Gasteiger partial charge in [-0.05, 0) is 87.3 Å². The second-order valence-corrected chi connectivity index (χ2v) is 18.2. The number of rotatable bonds is 11. The van der Waals surface area contributed by atoms with Crippen molar-refractivity contribution in [2.45, 2.75) is 102 Å². The first-order chi connectivity index (χ1) is 30.3. The smallest absolute Gasteiger partial charge is 0.334 e. The van der Waals surface area contributed by atoms with E-state index in [1.165, 1.54) is 48.5 Å². The van der Waals surface area contributed by atoms with Crippen molar-refractivity contribution in [2.24, 2.45) is 5.92 Å². The number of thiazole rings is 1. The molecule has 2 aromatic rings. The summed E-state index contributed by atoms with van der Waals surface area (Å²) in [5.74, 6) is -6.43. The third-order valence-corrected chi connectivity index (χ3v) is 12.8. The number of amides is 5. The fraction of sp³-hybridized carbons (Fsp3) is 0.524. The number of aromatic nitrogens is 1. The van der Waals surface area contributed by atoms with Gasteiger partial charge in [0, 0.05) is 31.2 Å². The minimum atomic E-state index is -4.86. The first kappa shape index (κ1) is 49.5. The SMILES string of the molecule is CC[C@@H](C)[C@@H]1NC(=O)C2CCCN2C(=O)[C@@H](NC(=O)[C@@H]2CCCN2C(=O)[C@@H](COC)NS(=O)(=O)O)COC(=O)/C(C)=C/C(C)=C\c2csc(n2)[C@H](Cc2ccc(O)cc2)NC(=O)C1=O. The van der Waals surface area contributed by atoms with Crippen molar-refractivity contribution in [3.8, 4) is 5.75 Å². The minimum Gasteiger partial charge on any atom is -0.508 e. The summed E-state index contributed by atoms with van der Waals surface area (Å²) in [4.78, 5) is 104. The van der Waals surface area contributed by atoms with Gasteiger partial charge in [0.1, 0.15) is 41.5 Å². The summed E-state index contributed by atoms with van der Waals surface area (Å²) in [5, 5.41) is 20.2. The molecule has 22 heteroatoms. The number of methoxy groups -OCH3 is 1. The number of carbonyl (C=O) groups is 7. The van der Waals surface area contributed by atoms with E-state index in [2.05, 4.69) is 16.0 Å². The molecule has 4 heterocycles. The van der Waals surface area contributed by atoms with Gasteiger partial charge in [0.15, 0.2) is 0 Å². The topological polar surface area (TPSA) is 280 Å². The van der Waals surface area contributed by atoms with E-state index in [-0.39, 0.29) is 43.7 Å². The normalized spacial score (nSPS) is 25.7. The molecule has 1 unspecified atom stereocenters. The predicted molar refractivity (Wildman–Crippen MR) is 231 cm³/mol. The summed E-state index contributed by atoms with van der Waals surface area (Å²) in [7, 11) is -3.64. The maximum absolute atomic E-state index is 14.5. The summed E-state index contributed by atoms with van der Waals surface area (Å²) in [6, 6.07) is -1.27. The van der Waals surface area contributed by atoms with Crippen molar-refractivity contribution in [1.82, 2.24) is 35.5 Å². The Morgan fingerprint density at radius 1 is 1.05 bits per heavy atom. The van der Waals surface area contributed by atoms with Crippen LogP contribution in [-0.4, -0.2) is 138 Å². The van der Waals surface area contributed by atoms with E-state index >= 15 is 0 Å². The predicted octanol–water partition coefficient (Wildman–Crippen LogP) is 1.13. The number of esters is 1. The number of allylic oxidation sites excluding steroid dienone is 2. The highest BCUT2D eigenvalue weighted by Crippen LogP contribution is 2.27. The van der Waals surface area contributed by atoms with Gasteiger partial charge < -0.3 is 40.3 Å². The lowest BCUT2D eigenvalue weighted by Crippen LogP contribution is -2.60. The second-order valence-electron chi connectivity index (χ2n) is 16.1. The molecule has 2 fully saturated rings. The molecule has 64 heavy (non-hydrogen) atoms. The lowest BCUT2D eigenvalue weighted by molar-refractivity contribution is -0.149. The zero-order chi connectivity index (χ0) is 46.9. The van der Waals surface area contributed by atoms with Crippen molar-refractivity contribution < 1.29 is 61.1 Å². The molecule has 1 aromatic carbocycles. The Morgan fingerprint density at radius 2 is 1.75 bits per heavy atom. The third-order valence-electron chi connectivity index (χ3n) is 11.3. The lowest BCUT2D eigenvalue weighted by atomic mass is 9.94. The monoisotopic (exact) mass is 929 g/mol. The van der Waals surface area contributed by atoms with E-state index in [4.69, 9.17) is 14.5 Å². The van der Waals surface area contributed by atoms with Crippen LogP contribution >= 0.6 is 11.3 Å². The lowest BCUT2D eigenvalue weighted by Gasteiger charge is -2.32. The van der Waals surface area contributed by atoms with Gasteiger partial charge in [0.05, 0.1) is 24.4 Å². The van der Waals surface area contributed by atoms with Crippen LogP contribution in [0.1, 0.15) is 82.1 Å². The molecule has 0 spiro atoms. The van der Waals surface area contributed by atoms with Crippen LogP contribution in [0.2, 0.25) is 0 Å². The van der Waals surface area contributed by atoms with Crippen molar-refractivity contribution in [3.63, 3.8) is 0 Å². The van der Waals surface area contributed by atoms with Crippen LogP contribution in [0.5, 0.6) is 5.75 Å². The Hall–Kier alpha value is -5.55. The Balaban J connectivity index is 1.48. The maximum atomic E-state index is 14.5. The molecule has 3 aliphatic rings. The van der Waals surface area contributed by atoms with Crippen molar-refractivity contribution in [1.29, 1.82) is 0 Å². The molecule has 1 aromatic heterocycles. The molecule has 20 nitrogen and oxygen atoms in total. The number of nitrogens with zero attached hydrogens (tertiary/aromatic N) is 3. The number of nitrogens with one attached hydrogen (secondary N) is 4. The van der Waals surface area contributed by atoms with Gasteiger partial charge >= 0.3 is 16.3 Å². The molecule has 0 radical (unpaired) electrons. The number of likely N-dealkylation sites (tertiary alicyclic amines) is 1. The van der Waals surface area contributed by atoms with Crippen molar-refractivity contribution >= 4 is 69.0 Å². The van der Waals surface area contributed by atoms with Gasteiger partial charge in [0.25, 0.3) is 5.91 Å². The number of carbonyl (C=O) groups excluding carboxylic acids is 7. The summed E-state index contributed by atoms with van der Waals surface area (Å²) in [5.41, 5.74) is 1.92. The molecule has 3 aliphatic heterocycles. The first-order valence-electron chi connectivity index (χ1n) is 20.9. The number of phenolic OH excluding ortho intramolecular Hbond substituents is 1. The number of ether oxygens (including phenoxy) is 2. The number of aromatic hydroxyl groups is 1. The number of fused-ring (bicyclic) bond motifs is 3. The Kier molecular flexibility index (Phi) is 16.9. The van der Waals surface area contributed by atoms with Crippen molar-refractivity contribution in [2.75, 3.05) is 33.4 Å². The molecule has 6 N–H and O–H groups in total. The molecular formula is C42H55N7O13S2. The summed E-state index contributed by atoms with van der Waals surface area (Å²) in [6.07, 6.45) is 4.76. The van der Waals surface area contributed by atoms with Gasteiger partial charge in [-0.2, -0.15) is 13.1 Å². The average molecular weight is 930 g/mol. The van der Waals surface area contributed by atoms with Gasteiger partial charge in [0.2, 0.25) is 29.4 Å². The Labute approximate surface area is 375 Å². The van der Waals surface area contributed by atoms with Crippen LogP contribution in [0.15, 0.2) is 46.9 Å². The van der Waals surface area contributed by atoms with Crippen LogP contribution < -0.4 is 20.7 Å². The molecule has 5 amide bonds. The van der Waals surface area contributed by atoms with Gasteiger partial charge in [-0.3, -0.25) is 33.3 Å². The standard InChI is InChI=1S/C42H55N7O13S2/c1-6-24(3)34-35(51)38(54)44-29(19-26-11-13-28(50)14-12-26)39-43-27(22-63-39)18-23(2)17-25(4)42(57)62-21-30(40(55)48-15-8-10-33(48)37(53)46-34)45-36(52)32-9-7-16-49(32)41(56)31(20-61-5)47-64(58,59)60/h11-14,17-18,22,24,29-34,47,50H,6-10,15-16,19-21H2,1-5H3,(H,44,54)(H,45,52)(H,46,53)(H,58,59,60)/b23-18-,25-17+/t24-,29+,30+,31-,32+,33?,34+/m1/s1. The van der Waals surface area contributed by atoms with Crippen LogP contribution in [0.25, 0.3) is 6.08 Å². The highest BCUT2D eigenvalue weighted by Gasteiger charge is 2.43. The van der Waals surface area contributed by atoms with Gasteiger partial charge in [-0.15, -0.1) is 11.3 Å². The zero-order valence-corrected chi connectivity index (χ0v) is 37.8. The quantitative estimate of drug-likeness (QED) is 0.105. The van der Waals surface area contributed by atoms with Crippen LogP contribution in [-0.2, 0) is 59.8 Å². The summed E-state index contributed by atoms with van der Waals surface area (Å²) < 4.78 is 45.0. The average Bonchev–Trinajstić information content (AvgIpc) is 4.05. The second kappa shape index (κ2) is 21.9. The zero-order valence-electron chi connectivity index (χ0n) is 36.2. The number of phenols is 1. The fourth-order valence-corrected chi connectivity index (χ4v) is 9.17. The van der Waals surface area contributed by atoms with E-state index in [1.807, 2.05) is 0 Å². The molecular weight excluding hydrogens is 875 g/mol. The number of ketones is 1. The molecule has 348 valence electrons. The largest absolute Gasteiger partial charge is 0.508 e.